The topological polar surface area (TPSA) is 78.4 Å². The van der Waals surface area contributed by atoms with Crippen LogP contribution in [0.4, 0.5) is 5.13 Å². The average Bonchev–Trinajstić information content (AvgIpc) is 3.06. The maximum atomic E-state index is 12.2. The van der Waals surface area contributed by atoms with Crippen molar-refractivity contribution in [2.24, 2.45) is 0 Å². The third-order valence-electron chi connectivity index (χ3n) is 3.85. The highest BCUT2D eigenvalue weighted by Gasteiger charge is 2.23. The standard InChI is InChI=1S/C16H19N5O2S/c1-12-18-19-16(24-12)21-9-7-20(8-10-21)14(22)11-17-15(23)13-5-3-2-4-6-13/h2-6H,7-11H2,1H3,(H,17,23). The van der Waals surface area contributed by atoms with Gasteiger partial charge in [0.25, 0.3) is 5.91 Å². The molecule has 1 N–H and O–H groups in total. The zero-order valence-electron chi connectivity index (χ0n) is 13.4. The van der Waals surface area contributed by atoms with Gasteiger partial charge in [-0.1, -0.05) is 29.5 Å². The molecule has 0 radical (unpaired) electrons. The summed E-state index contributed by atoms with van der Waals surface area (Å²) in [6.45, 7) is 4.65. The van der Waals surface area contributed by atoms with E-state index in [2.05, 4.69) is 20.4 Å². The van der Waals surface area contributed by atoms with Crippen LogP contribution in [0.2, 0.25) is 0 Å². The summed E-state index contributed by atoms with van der Waals surface area (Å²) >= 11 is 1.56. The van der Waals surface area contributed by atoms with Crippen molar-refractivity contribution in [1.29, 1.82) is 0 Å². The van der Waals surface area contributed by atoms with Gasteiger partial charge in [0.05, 0.1) is 6.54 Å². The Balaban J connectivity index is 1.46. The number of aryl methyl sites for hydroxylation is 1. The molecule has 2 heterocycles. The predicted molar refractivity (Wildman–Crippen MR) is 92.2 cm³/mol. The minimum Gasteiger partial charge on any atom is -0.343 e. The lowest BCUT2D eigenvalue weighted by molar-refractivity contribution is -0.130. The van der Waals surface area contributed by atoms with E-state index in [0.717, 1.165) is 23.2 Å². The van der Waals surface area contributed by atoms with Gasteiger partial charge in [0.2, 0.25) is 11.0 Å². The van der Waals surface area contributed by atoms with E-state index in [4.69, 9.17) is 0 Å². The lowest BCUT2D eigenvalue weighted by atomic mass is 10.2. The summed E-state index contributed by atoms with van der Waals surface area (Å²) in [7, 11) is 0. The van der Waals surface area contributed by atoms with Crippen molar-refractivity contribution < 1.29 is 9.59 Å². The summed E-state index contributed by atoms with van der Waals surface area (Å²) in [5.41, 5.74) is 0.557. The molecule has 0 aliphatic carbocycles. The summed E-state index contributed by atoms with van der Waals surface area (Å²) in [6, 6.07) is 8.89. The van der Waals surface area contributed by atoms with Gasteiger partial charge in [-0.05, 0) is 19.1 Å². The van der Waals surface area contributed by atoms with Gasteiger partial charge in [0.1, 0.15) is 5.01 Å². The van der Waals surface area contributed by atoms with Gasteiger partial charge < -0.3 is 15.1 Å². The molecule has 0 saturated carbocycles. The Morgan fingerprint density at radius 2 is 1.83 bits per heavy atom. The molecule has 1 aromatic carbocycles. The molecule has 0 spiro atoms. The van der Waals surface area contributed by atoms with Gasteiger partial charge in [0, 0.05) is 31.7 Å². The molecule has 126 valence electrons. The number of rotatable bonds is 4. The Hall–Kier alpha value is -2.48. The molecule has 24 heavy (non-hydrogen) atoms. The van der Waals surface area contributed by atoms with E-state index in [9.17, 15) is 9.59 Å². The number of benzene rings is 1. The Bertz CT molecular complexity index is 710. The zero-order chi connectivity index (χ0) is 16.9. The molecule has 1 saturated heterocycles. The fraction of sp³-hybridized carbons (Fsp3) is 0.375. The maximum Gasteiger partial charge on any atom is 0.251 e. The molecule has 1 aliphatic rings. The zero-order valence-corrected chi connectivity index (χ0v) is 14.3. The van der Waals surface area contributed by atoms with Crippen LogP contribution in [0.1, 0.15) is 15.4 Å². The number of nitrogens with one attached hydrogen (secondary N) is 1. The highest BCUT2D eigenvalue weighted by atomic mass is 32.1. The van der Waals surface area contributed by atoms with Gasteiger partial charge in [-0.3, -0.25) is 9.59 Å². The Labute approximate surface area is 144 Å². The number of hydrogen-bond acceptors (Lipinski definition) is 6. The normalized spacial score (nSPS) is 14.5. The van der Waals surface area contributed by atoms with Gasteiger partial charge in [-0.25, -0.2) is 0 Å². The Kier molecular flexibility index (Phi) is 5.05. The molecule has 1 aliphatic heterocycles. The van der Waals surface area contributed by atoms with Crippen LogP contribution in [-0.2, 0) is 4.79 Å². The highest BCUT2D eigenvalue weighted by Crippen LogP contribution is 2.20. The molecular formula is C16H19N5O2S. The first kappa shape index (κ1) is 16.4. The second-order valence-electron chi connectivity index (χ2n) is 5.52. The number of piperazine rings is 1. The van der Waals surface area contributed by atoms with Gasteiger partial charge >= 0.3 is 0 Å². The van der Waals surface area contributed by atoms with E-state index in [-0.39, 0.29) is 18.4 Å². The minimum absolute atomic E-state index is 0.0195. The van der Waals surface area contributed by atoms with E-state index < -0.39 is 0 Å². The van der Waals surface area contributed by atoms with Crippen molar-refractivity contribution in [3.8, 4) is 0 Å². The van der Waals surface area contributed by atoms with Crippen LogP contribution in [-0.4, -0.2) is 59.6 Å². The van der Waals surface area contributed by atoms with Crippen LogP contribution in [0.3, 0.4) is 0 Å². The summed E-state index contributed by atoms with van der Waals surface area (Å²) in [6.07, 6.45) is 0. The van der Waals surface area contributed by atoms with Crippen LogP contribution in [0.15, 0.2) is 30.3 Å². The van der Waals surface area contributed by atoms with E-state index in [1.807, 2.05) is 13.0 Å². The van der Waals surface area contributed by atoms with Crippen LogP contribution in [0, 0.1) is 6.92 Å². The fourth-order valence-corrected chi connectivity index (χ4v) is 3.26. The molecule has 0 bridgehead atoms. The highest BCUT2D eigenvalue weighted by molar-refractivity contribution is 7.15. The van der Waals surface area contributed by atoms with Crippen LogP contribution < -0.4 is 10.2 Å². The van der Waals surface area contributed by atoms with Crippen molar-refractivity contribution in [2.75, 3.05) is 37.6 Å². The summed E-state index contributed by atoms with van der Waals surface area (Å²) in [5.74, 6) is -0.292. The molecule has 0 atom stereocenters. The molecule has 3 rings (SSSR count). The maximum absolute atomic E-state index is 12.2. The summed E-state index contributed by atoms with van der Waals surface area (Å²) in [5, 5.41) is 12.7. The van der Waals surface area contributed by atoms with Gasteiger partial charge in [0.15, 0.2) is 0 Å². The molecule has 1 aromatic heterocycles. The fourth-order valence-electron chi connectivity index (χ4n) is 2.52. The van der Waals surface area contributed by atoms with E-state index in [1.165, 1.54) is 0 Å². The van der Waals surface area contributed by atoms with Crippen LogP contribution in [0.25, 0.3) is 0 Å². The molecular weight excluding hydrogens is 326 g/mol. The van der Waals surface area contributed by atoms with Crippen molar-refractivity contribution in [3.63, 3.8) is 0 Å². The average molecular weight is 345 g/mol. The predicted octanol–water partition coefficient (Wildman–Crippen LogP) is 0.925. The van der Waals surface area contributed by atoms with Crippen LogP contribution >= 0.6 is 11.3 Å². The monoisotopic (exact) mass is 345 g/mol. The second kappa shape index (κ2) is 7.39. The van der Waals surface area contributed by atoms with E-state index >= 15 is 0 Å². The largest absolute Gasteiger partial charge is 0.343 e. The van der Waals surface area contributed by atoms with E-state index in [0.29, 0.717) is 18.7 Å². The Morgan fingerprint density at radius 3 is 2.46 bits per heavy atom. The number of anilines is 1. The molecule has 2 amide bonds. The Morgan fingerprint density at radius 1 is 1.12 bits per heavy atom. The quantitative estimate of drug-likeness (QED) is 0.892. The number of aromatic nitrogens is 2. The summed E-state index contributed by atoms with van der Waals surface area (Å²) < 4.78 is 0. The van der Waals surface area contributed by atoms with E-state index in [1.54, 1.807) is 40.5 Å². The van der Waals surface area contributed by atoms with Crippen molar-refractivity contribution >= 4 is 28.3 Å². The third-order valence-corrected chi connectivity index (χ3v) is 4.75. The lowest BCUT2D eigenvalue weighted by Gasteiger charge is -2.34. The number of carbonyl (C=O) groups is 2. The minimum atomic E-state index is -0.230. The first-order chi connectivity index (χ1) is 11.6. The molecule has 8 heteroatoms. The van der Waals surface area contributed by atoms with Crippen molar-refractivity contribution in [2.45, 2.75) is 6.92 Å². The number of carbonyl (C=O) groups excluding carboxylic acids is 2. The van der Waals surface area contributed by atoms with Crippen molar-refractivity contribution in [3.05, 3.63) is 40.9 Å². The molecule has 0 unspecified atom stereocenters. The number of amides is 2. The molecule has 1 fully saturated rings. The van der Waals surface area contributed by atoms with Crippen LogP contribution in [0.5, 0.6) is 0 Å². The molecule has 7 nitrogen and oxygen atoms in total. The summed E-state index contributed by atoms with van der Waals surface area (Å²) in [4.78, 5) is 28.1. The molecule has 2 aromatic rings. The van der Waals surface area contributed by atoms with Gasteiger partial charge in [-0.2, -0.15) is 0 Å². The van der Waals surface area contributed by atoms with Crippen molar-refractivity contribution in [1.82, 2.24) is 20.4 Å². The second-order valence-corrected chi connectivity index (χ2v) is 6.68. The first-order valence-corrected chi connectivity index (χ1v) is 8.61. The SMILES string of the molecule is Cc1nnc(N2CCN(C(=O)CNC(=O)c3ccccc3)CC2)s1. The first-order valence-electron chi connectivity index (χ1n) is 7.79. The third kappa shape index (κ3) is 3.88. The smallest absolute Gasteiger partial charge is 0.251 e. The number of hydrogen-bond donors (Lipinski definition) is 1. The van der Waals surface area contributed by atoms with Gasteiger partial charge in [-0.15, -0.1) is 10.2 Å². The number of nitrogens with zero attached hydrogens (tertiary/aromatic N) is 4. The lowest BCUT2D eigenvalue weighted by Crippen LogP contribution is -2.51.